The third kappa shape index (κ3) is 3.18. The molecule has 0 aliphatic carbocycles. The molecule has 0 radical (unpaired) electrons. The molecule has 1 amide bonds. The van der Waals surface area contributed by atoms with Crippen molar-refractivity contribution in [3.05, 3.63) is 24.3 Å². The lowest BCUT2D eigenvalue weighted by atomic mass is 9.96. The maximum Gasteiger partial charge on any atom is 0.501 e. The molecule has 0 saturated carbocycles. The summed E-state index contributed by atoms with van der Waals surface area (Å²) in [5.74, 6) is -0.549. The summed E-state index contributed by atoms with van der Waals surface area (Å²) >= 11 is 0. The van der Waals surface area contributed by atoms with E-state index < -0.39 is 20.2 Å². The zero-order valence-corrected chi connectivity index (χ0v) is 12.3. The number of anilines is 1. The maximum absolute atomic E-state index is 12.5. The number of carbonyl (C=O) groups excluding carboxylic acids is 1. The first-order chi connectivity index (χ1) is 10.1. The van der Waals surface area contributed by atoms with Crippen LogP contribution in [-0.4, -0.2) is 32.9 Å². The van der Waals surface area contributed by atoms with Crippen LogP contribution < -0.4 is 10.6 Å². The normalized spacial score (nSPS) is 17.5. The van der Waals surface area contributed by atoms with E-state index in [4.69, 9.17) is 5.73 Å². The molecule has 0 spiro atoms. The third-order valence-corrected chi connectivity index (χ3v) is 5.22. The number of hydrogen-bond donors (Lipinski definition) is 1. The number of alkyl halides is 3. The number of rotatable bonds is 3. The van der Waals surface area contributed by atoms with Gasteiger partial charge in [0, 0.05) is 24.7 Å². The molecular weight excluding hydrogens is 321 g/mol. The lowest BCUT2D eigenvalue weighted by molar-refractivity contribution is -0.122. The molecule has 1 aromatic rings. The third-order valence-electron chi connectivity index (χ3n) is 3.71. The van der Waals surface area contributed by atoms with Crippen molar-refractivity contribution in [1.29, 1.82) is 0 Å². The van der Waals surface area contributed by atoms with E-state index >= 15 is 0 Å². The number of sulfone groups is 1. The van der Waals surface area contributed by atoms with Crippen molar-refractivity contribution in [2.45, 2.75) is 23.2 Å². The standard InChI is InChI=1S/C13H15F3N2O3S/c14-13(15,16)22(20,21)11-3-1-10(2-4-11)18-7-5-9(6-8-18)12(17)19/h1-4,9H,5-8H2,(H2,17,19). The lowest BCUT2D eigenvalue weighted by Crippen LogP contribution is -2.38. The van der Waals surface area contributed by atoms with Crippen molar-refractivity contribution in [1.82, 2.24) is 0 Å². The summed E-state index contributed by atoms with van der Waals surface area (Å²) in [6.45, 7) is 1.08. The van der Waals surface area contributed by atoms with Crippen molar-refractivity contribution in [2.24, 2.45) is 11.7 Å². The Labute approximate surface area is 125 Å². The zero-order valence-electron chi connectivity index (χ0n) is 11.5. The lowest BCUT2D eigenvalue weighted by Gasteiger charge is -2.32. The highest BCUT2D eigenvalue weighted by molar-refractivity contribution is 7.92. The molecule has 122 valence electrons. The van der Waals surface area contributed by atoms with E-state index in [1.54, 1.807) is 0 Å². The Kier molecular flexibility index (Phi) is 4.37. The monoisotopic (exact) mass is 336 g/mol. The molecule has 1 aliphatic heterocycles. The molecule has 9 heteroatoms. The molecule has 0 aromatic heterocycles. The number of nitrogens with two attached hydrogens (primary N) is 1. The second kappa shape index (κ2) is 5.79. The SMILES string of the molecule is NC(=O)C1CCN(c2ccc(S(=O)(=O)C(F)(F)F)cc2)CC1. The van der Waals surface area contributed by atoms with E-state index in [0.717, 1.165) is 12.1 Å². The number of halogens is 3. The minimum Gasteiger partial charge on any atom is -0.371 e. The van der Waals surface area contributed by atoms with Crippen LogP contribution in [0, 0.1) is 5.92 Å². The topological polar surface area (TPSA) is 80.5 Å². The van der Waals surface area contributed by atoms with E-state index in [1.807, 2.05) is 4.90 Å². The largest absolute Gasteiger partial charge is 0.501 e. The molecule has 0 unspecified atom stereocenters. The summed E-state index contributed by atoms with van der Waals surface area (Å²) in [7, 11) is -5.32. The van der Waals surface area contributed by atoms with Crippen LogP contribution in [-0.2, 0) is 14.6 Å². The van der Waals surface area contributed by atoms with Crippen LogP contribution in [0.15, 0.2) is 29.2 Å². The molecule has 5 nitrogen and oxygen atoms in total. The predicted octanol–water partition coefficient (Wildman–Crippen LogP) is 1.68. The molecule has 0 atom stereocenters. The minimum atomic E-state index is -5.32. The second-order valence-corrected chi connectivity index (χ2v) is 7.05. The number of nitrogens with zero attached hydrogens (tertiary/aromatic N) is 1. The second-order valence-electron chi connectivity index (χ2n) is 5.11. The molecule has 1 aromatic carbocycles. The van der Waals surface area contributed by atoms with E-state index in [9.17, 15) is 26.4 Å². The average molecular weight is 336 g/mol. The molecular formula is C13H15F3N2O3S. The van der Waals surface area contributed by atoms with Crippen LogP contribution in [0.2, 0.25) is 0 Å². The van der Waals surface area contributed by atoms with Gasteiger partial charge in [-0.1, -0.05) is 0 Å². The van der Waals surface area contributed by atoms with Gasteiger partial charge in [-0.2, -0.15) is 13.2 Å². The van der Waals surface area contributed by atoms with Crippen molar-refractivity contribution < 1.29 is 26.4 Å². The van der Waals surface area contributed by atoms with Gasteiger partial charge >= 0.3 is 5.51 Å². The Hall–Kier alpha value is -1.77. The van der Waals surface area contributed by atoms with Crippen molar-refractivity contribution in [2.75, 3.05) is 18.0 Å². The summed E-state index contributed by atoms with van der Waals surface area (Å²) in [5, 5.41) is 0. The molecule has 2 N–H and O–H groups in total. The maximum atomic E-state index is 12.5. The first-order valence-electron chi connectivity index (χ1n) is 6.58. The van der Waals surface area contributed by atoms with E-state index in [-0.39, 0.29) is 11.8 Å². The van der Waals surface area contributed by atoms with Crippen LogP contribution in [0.5, 0.6) is 0 Å². The van der Waals surface area contributed by atoms with Gasteiger partial charge in [-0.25, -0.2) is 8.42 Å². The van der Waals surface area contributed by atoms with Gasteiger partial charge in [-0.05, 0) is 37.1 Å². The van der Waals surface area contributed by atoms with E-state index in [0.29, 0.717) is 31.6 Å². The van der Waals surface area contributed by atoms with E-state index in [2.05, 4.69) is 0 Å². The van der Waals surface area contributed by atoms with Gasteiger partial charge in [-0.3, -0.25) is 4.79 Å². The fourth-order valence-corrected chi connectivity index (χ4v) is 3.15. The number of amides is 1. The molecule has 1 fully saturated rings. The first-order valence-corrected chi connectivity index (χ1v) is 8.07. The smallest absolute Gasteiger partial charge is 0.371 e. The molecule has 0 bridgehead atoms. The Morgan fingerprint density at radius 3 is 2.05 bits per heavy atom. The van der Waals surface area contributed by atoms with E-state index in [1.165, 1.54) is 12.1 Å². The molecule has 22 heavy (non-hydrogen) atoms. The number of piperidine rings is 1. The Bertz CT molecular complexity index is 648. The predicted molar refractivity (Wildman–Crippen MR) is 73.8 cm³/mol. The number of hydrogen-bond acceptors (Lipinski definition) is 4. The Balaban J connectivity index is 2.12. The highest BCUT2D eigenvalue weighted by Crippen LogP contribution is 2.31. The number of primary amides is 1. The summed E-state index contributed by atoms with van der Waals surface area (Å²) in [6, 6.07) is 4.56. The summed E-state index contributed by atoms with van der Waals surface area (Å²) in [5.41, 5.74) is 0.533. The van der Waals surface area contributed by atoms with Gasteiger partial charge < -0.3 is 10.6 Å². The van der Waals surface area contributed by atoms with Crippen LogP contribution in [0.1, 0.15) is 12.8 Å². The first kappa shape index (κ1) is 16.6. The molecule has 2 rings (SSSR count). The minimum absolute atomic E-state index is 0.193. The fraction of sp³-hybridized carbons (Fsp3) is 0.462. The van der Waals surface area contributed by atoms with Crippen LogP contribution in [0.3, 0.4) is 0 Å². The van der Waals surface area contributed by atoms with Crippen LogP contribution >= 0.6 is 0 Å². The highest BCUT2D eigenvalue weighted by atomic mass is 32.2. The summed E-state index contributed by atoms with van der Waals surface area (Å²) < 4.78 is 59.9. The van der Waals surface area contributed by atoms with Gasteiger partial charge in [0.25, 0.3) is 9.84 Å². The Morgan fingerprint density at radius 1 is 1.14 bits per heavy atom. The molecule has 1 heterocycles. The zero-order chi connectivity index (χ0) is 16.5. The number of carbonyl (C=O) groups is 1. The number of benzene rings is 1. The summed E-state index contributed by atoms with van der Waals surface area (Å²) in [6.07, 6.45) is 1.13. The van der Waals surface area contributed by atoms with Gasteiger partial charge in [0.05, 0.1) is 4.90 Å². The van der Waals surface area contributed by atoms with Crippen molar-refractivity contribution >= 4 is 21.4 Å². The molecule has 1 saturated heterocycles. The van der Waals surface area contributed by atoms with Crippen molar-refractivity contribution in [3.8, 4) is 0 Å². The van der Waals surface area contributed by atoms with Gasteiger partial charge in [0.1, 0.15) is 0 Å². The van der Waals surface area contributed by atoms with Crippen LogP contribution in [0.4, 0.5) is 18.9 Å². The summed E-state index contributed by atoms with van der Waals surface area (Å²) in [4.78, 5) is 12.2. The Morgan fingerprint density at radius 2 is 1.64 bits per heavy atom. The fourth-order valence-electron chi connectivity index (χ4n) is 2.39. The highest BCUT2D eigenvalue weighted by Gasteiger charge is 2.46. The van der Waals surface area contributed by atoms with Gasteiger partial charge in [0.15, 0.2) is 0 Å². The van der Waals surface area contributed by atoms with Crippen molar-refractivity contribution in [3.63, 3.8) is 0 Å². The van der Waals surface area contributed by atoms with Gasteiger partial charge in [0.2, 0.25) is 5.91 Å². The molecule has 1 aliphatic rings. The van der Waals surface area contributed by atoms with Crippen LogP contribution in [0.25, 0.3) is 0 Å². The average Bonchev–Trinajstić information content (AvgIpc) is 2.46. The quantitative estimate of drug-likeness (QED) is 0.911. The van der Waals surface area contributed by atoms with Gasteiger partial charge in [-0.15, -0.1) is 0 Å².